The number of aliphatic hydroxyl groups is 5. The summed E-state index contributed by atoms with van der Waals surface area (Å²) in [5, 5.41) is 53.8. The first-order chi connectivity index (χ1) is 29.3. The lowest BCUT2D eigenvalue weighted by Crippen LogP contribution is -2.60. The number of amides is 1. The summed E-state index contributed by atoms with van der Waals surface area (Å²) in [6.07, 6.45) is 44.6. The lowest BCUT2D eigenvalue weighted by Gasteiger charge is -2.40. The van der Waals surface area contributed by atoms with Gasteiger partial charge in [0, 0.05) is 6.42 Å². The monoisotopic (exact) mass is 852 g/mol. The van der Waals surface area contributed by atoms with Crippen molar-refractivity contribution in [3.05, 3.63) is 24.3 Å². The van der Waals surface area contributed by atoms with Crippen LogP contribution in [-0.4, -0.2) is 87.5 Å². The number of carbonyl (C=O) groups is 1. The van der Waals surface area contributed by atoms with Gasteiger partial charge < -0.3 is 40.3 Å². The molecule has 7 atom stereocenters. The van der Waals surface area contributed by atoms with Gasteiger partial charge in [-0.25, -0.2) is 0 Å². The van der Waals surface area contributed by atoms with Gasteiger partial charge in [-0.3, -0.25) is 4.79 Å². The van der Waals surface area contributed by atoms with Crippen molar-refractivity contribution in [2.45, 2.75) is 281 Å². The van der Waals surface area contributed by atoms with Crippen molar-refractivity contribution in [3.63, 3.8) is 0 Å². The molecule has 60 heavy (non-hydrogen) atoms. The molecule has 1 heterocycles. The summed E-state index contributed by atoms with van der Waals surface area (Å²) in [5.41, 5.74) is 0. The average molecular weight is 852 g/mol. The minimum atomic E-state index is -1.57. The number of hydrogen-bond donors (Lipinski definition) is 6. The van der Waals surface area contributed by atoms with Crippen molar-refractivity contribution in [2.24, 2.45) is 0 Å². The van der Waals surface area contributed by atoms with Crippen LogP contribution in [0.1, 0.15) is 239 Å². The number of nitrogens with one attached hydrogen (secondary N) is 1. The predicted octanol–water partition coefficient (Wildman–Crippen LogP) is 11.5. The molecule has 6 N–H and O–H groups in total. The molecule has 1 aliphatic rings. The summed E-state index contributed by atoms with van der Waals surface area (Å²) in [5.74, 6) is -0.199. The highest BCUT2D eigenvalue weighted by Gasteiger charge is 2.44. The van der Waals surface area contributed by atoms with E-state index >= 15 is 0 Å². The van der Waals surface area contributed by atoms with Gasteiger partial charge in [-0.05, 0) is 32.1 Å². The number of carbonyl (C=O) groups excluding carboxylic acids is 1. The van der Waals surface area contributed by atoms with E-state index in [1.807, 2.05) is 6.08 Å². The SMILES string of the molecule is CCCCCCCCCCCCCCCCCCCCCCCCCCCC/C=C/CC/C=C/C(O)C(COC1OC(CO)C(O)C(O)C1O)NC(=O)CCCCCCC. The first-order valence-corrected chi connectivity index (χ1v) is 25.6. The molecule has 0 aliphatic carbocycles. The highest BCUT2D eigenvalue weighted by molar-refractivity contribution is 5.76. The van der Waals surface area contributed by atoms with E-state index in [4.69, 9.17) is 9.47 Å². The molecule has 9 nitrogen and oxygen atoms in total. The van der Waals surface area contributed by atoms with E-state index in [0.29, 0.717) is 6.42 Å². The number of aliphatic hydroxyl groups excluding tert-OH is 5. The topological polar surface area (TPSA) is 149 Å². The Balaban J connectivity index is 2.07. The second-order valence-corrected chi connectivity index (χ2v) is 18.0. The Hall–Kier alpha value is -1.33. The second kappa shape index (κ2) is 41.7. The molecule has 0 aromatic rings. The van der Waals surface area contributed by atoms with Crippen molar-refractivity contribution >= 4 is 5.91 Å². The van der Waals surface area contributed by atoms with E-state index in [1.54, 1.807) is 6.08 Å². The molecule has 0 radical (unpaired) electrons. The Labute approximate surface area is 369 Å². The minimum absolute atomic E-state index is 0.199. The van der Waals surface area contributed by atoms with Crippen LogP contribution in [0.2, 0.25) is 0 Å². The quantitative estimate of drug-likeness (QED) is 0.0262. The summed E-state index contributed by atoms with van der Waals surface area (Å²) in [6.45, 7) is 3.67. The van der Waals surface area contributed by atoms with Gasteiger partial charge in [-0.2, -0.15) is 0 Å². The molecule has 0 aromatic carbocycles. The van der Waals surface area contributed by atoms with Gasteiger partial charge in [0.05, 0.1) is 25.4 Å². The molecule has 1 saturated heterocycles. The fourth-order valence-electron chi connectivity index (χ4n) is 8.17. The number of allylic oxidation sites excluding steroid dienone is 3. The molecule has 0 saturated carbocycles. The van der Waals surface area contributed by atoms with Crippen molar-refractivity contribution in [1.82, 2.24) is 5.32 Å². The van der Waals surface area contributed by atoms with Crippen LogP contribution in [0.15, 0.2) is 24.3 Å². The van der Waals surface area contributed by atoms with E-state index in [-0.39, 0.29) is 12.5 Å². The van der Waals surface area contributed by atoms with Gasteiger partial charge in [0.1, 0.15) is 24.4 Å². The zero-order valence-electron chi connectivity index (χ0n) is 39.0. The highest BCUT2D eigenvalue weighted by atomic mass is 16.7. The maximum atomic E-state index is 12.7. The van der Waals surface area contributed by atoms with Crippen molar-refractivity contribution < 1.29 is 39.8 Å². The Morgan fingerprint density at radius 2 is 0.950 bits per heavy atom. The lowest BCUT2D eigenvalue weighted by molar-refractivity contribution is -0.302. The number of unbranched alkanes of at least 4 members (excludes halogenated alkanes) is 31. The van der Waals surface area contributed by atoms with Crippen LogP contribution in [0, 0.1) is 0 Å². The Kier molecular flexibility index (Phi) is 39.4. The van der Waals surface area contributed by atoms with E-state index in [2.05, 4.69) is 31.3 Å². The number of rotatable bonds is 43. The van der Waals surface area contributed by atoms with Crippen molar-refractivity contribution in [2.75, 3.05) is 13.2 Å². The van der Waals surface area contributed by atoms with Crippen molar-refractivity contribution in [1.29, 1.82) is 0 Å². The smallest absolute Gasteiger partial charge is 0.220 e. The maximum absolute atomic E-state index is 12.7. The highest BCUT2D eigenvalue weighted by Crippen LogP contribution is 2.23. The van der Waals surface area contributed by atoms with E-state index in [9.17, 15) is 30.3 Å². The Morgan fingerprint density at radius 3 is 1.40 bits per heavy atom. The number of ether oxygens (including phenoxy) is 2. The van der Waals surface area contributed by atoms with E-state index < -0.39 is 49.5 Å². The van der Waals surface area contributed by atoms with Crippen LogP contribution in [0.4, 0.5) is 0 Å². The lowest BCUT2D eigenvalue weighted by atomic mass is 9.99. The molecule has 1 rings (SSSR count). The summed E-state index contributed by atoms with van der Waals surface area (Å²) in [7, 11) is 0. The van der Waals surface area contributed by atoms with Crippen LogP contribution in [0.5, 0.6) is 0 Å². The molecule has 7 unspecified atom stereocenters. The number of hydrogen-bond acceptors (Lipinski definition) is 8. The molecule has 1 fully saturated rings. The second-order valence-electron chi connectivity index (χ2n) is 18.0. The molecule has 0 bridgehead atoms. The molecule has 1 aliphatic heterocycles. The zero-order chi connectivity index (χ0) is 43.7. The summed E-state index contributed by atoms with van der Waals surface area (Å²) < 4.78 is 11.1. The van der Waals surface area contributed by atoms with Gasteiger partial charge >= 0.3 is 0 Å². The van der Waals surface area contributed by atoms with E-state index in [0.717, 1.165) is 51.4 Å². The van der Waals surface area contributed by atoms with Crippen LogP contribution in [0.25, 0.3) is 0 Å². The standard InChI is InChI=1S/C51H97NO8/c1-3-5-7-9-10-11-12-13-14-15-16-17-18-19-20-21-22-23-24-25-26-27-28-29-30-31-32-33-34-35-37-38-40-45(54)44(52-47(55)41-39-36-8-6-4-2)43-59-51-50(58)49(57)48(56)46(42-53)60-51/h33-34,38,40,44-46,48-51,53-54,56-58H,3-32,35-37,39,41-43H2,1-2H3,(H,52,55)/b34-33+,40-38+. The minimum Gasteiger partial charge on any atom is -0.394 e. The third-order valence-corrected chi connectivity index (χ3v) is 12.3. The van der Waals surface area contributed by atoms with Gasteiger partial charge in [-0.15, -0.1) is 0 Å². The molecule has 9 heteroatoms. The molecular formula is C51H97NO8. The summed E-state index contributed by atoms with van der Waals surface area (Å²) >= 11 is 0. The van der Waals surface area contributed by atoms with Gasteiger partial charge in [0.2, 0.25) is 5.91 Å². The normalized spacial score (nSPS) is 20.7. The van der Waals surface area contributed by atoms with Crippen LogP contribution < -0.4 is 5.32 Å². The van der Waals surface area contributed by atoms with Gasteiger partial charge in [0.15, 0.2) is 6.29 Å². The third kappa shape index (κ3) is 31.5. The fraction of sp³-hybridized carbons (Fsp3) is 0.902. The van der Waals surface area contributed by atoms with Crippen LogP contribution >= 0.6 is 0 Å². The molecule has 1 amide bonds. The Morgan fingerprint density at radius 1 is 0.550 bits per heavy atom. The van der Waals surface area contributed by atoms with E-state index in [1.165, 1.54) is 167 Å². The first-order valence-electron chi connectivity index (χ1n) is 25.6. The maximum Gasteiger partial charge on any atom is 0.220 e. The Bertz CT molecular complexity index is 992. The van der Waals surface area contributed by atoms with Gasteiger partial charge in [0.25, 0.3) is 0 Å². The molecular weight excluding hydrogens is 755 g/mol. The summed E-state index contributed by atoms with van der Waals surface area (Å²) in [6, 6.07) is -0.814. The molecule has 0 spiro atoms. The fourth-order valence-corrected chi connectivity index (χ4v) is 8.17. The summed E-state index contributed by atoms with van der Waals surface area (Å²) in [4.78, 5) is 12.7. The zero-order valence-corrected chi connectivity index (χ0v) is 39.0. The molecule has 354 valence electrons. The largest absolute Gasteiger partial charge is 0.394 e. The van der Waals surface area contributed by atoms with Crippen LogP contribution in [-0.2, 0) is 14.3 Å². The molecule has 0 aromatic heterocycles. The third-order valence-electron chi connectivity index (χ3n) is 12.3. The first kappa shape index (κ1) is 56.7. The average Bonchev–Trinajstić information content (AvgIpc) is 3.25. The predicted molar refractivity (Wildman–Crippen MR) is 249 cm³/mol. The van der Waals surface area contributed by atoms with Crippen LogP contribution in [0.3, 0.4) is 0 Å². The van der Waals surface area contributed by atoms with Gasteiger partial charge in [-0.1, -0.05) is 224 Å². The van der Waals surface area contributed by atoms with Crippen molar-refractivity contribution in [3.8, 4) is 0 Å².